The Morgan fingerprint density at radius 1 is 0.897 bits per heavy atom. The predicted molar refractivity (Wildman–Crippen MR) is 113 cm³/mol. The van der Waals surface area contributed by atoms with E-state index in [2.05, 4.69) is 36.2 Å². The van der Waals surface area contributed by atoms with E-state index in [0.717, 1.165) is 10.0 Å². The van der Waals surface area contributed by atoms with E-state index in [-0.39, 0.29) is 11.7 Å². The van der Waals surface area contributed by atoms with E-state index < -0.39 is 0 Å². The third-order valence-electron chi connectivity index (χ3n) is 4.19. The van der Waals surface area contributed by atoms with Crippen LogP contribution in [0.3, 0.4) is 0 Å². The molecule has 0 fully saturated rings. The van der Waals surface area contributed by atoms with E-state index in [1.165, 1.54) is 18.3 Å². The number of anilines is 1. The van der Waals surface area contributed by atoms with Gasteiger partial charge in [0, 0.05) is 39.9 Å². The molecule has 0 spiro atoms. The zero-order valence-electron chi connectivity index (χ0n) is 15.0. The number of pyridine rings is 1. The van der Waals surface area contributed by atoms with Crippen molar-refractivity contribution in [1.82, 2.24) is 15.0 Å². The fourth-order valence-electron chi connectivity index (χ4n) is 2.75. The first-order valence-corrected chi connectivity index (χ1v) is 9.50. The van der Waals surface area contributed by atoms with E-state index in [1.54, 1.807) is 48.8 Å². The summed E-state index contributed by atoms with van der Waals surface area (Å²) in [4.78, 5) is 25.9. The van der Waals surface area contributed by atoms with Crippen molar-refractivity contribution in [1.29, 1.82) is 0 Å². The van der Waals surface area contributed by atoms with Crippen LogP contribution in [0.1, 0.15) is 10.4 Å². The minimum atomic E-state index is -0.339. The molecule has 4 aromatic rings. The lowest BCUT2D eigenvalue weighted by molar-refractivity contribution is 0.102. The number of benzene rings is 2. The number of nitrogens with zero attached hydrogens (tertiary/aromatic N) is 3. The molecule has 142 valence electrons. The molecule has 0 radical (unpaired) electrons. The standard InChI is InChI=1S/C22H14BrFN4O/c23-16-3-7-18(8-4-16)27-22(29)19-13-26-21(15-1-5-17(24)6-2-15)28-20(19)14-9-11-25-12-10-14/h1-13H,(H,27,29). The first-order chi connectivity index (χ1) is 14.1. The number of rotatable bonds is 4. The van der Waals surface area contributed by atoms with Crippen molar-refractivity contribution in [3.05, 3.63) is 95.1 Å². The highest BCUT2D eigenvalue weighted by Gasteiger charge is 2.17. The van der Waals surface area contributed by atoms with E-state index >= 15 is 0 Å². The summed E-state index contributed by atoms with van der Waals surface area (Å²) >= 11 is 3.37. The number of carbonyl (C=O) groups is 1. The molecule has 4 rings (SSSR count). The quantitative estimate of drug-likeness (QED) is 0.456. The molecule has 1 amide bonds. The largest absolute Gasteiger partial charge is 0.322 e. The highest BCUT2D eigenvalue weighted by atomic mass is 79.9. The molecule has 2 heterocycles. The molecule has 0 atom stereocenters. The highest BCUT2D eigenvalue weighted by Crippen LogP contribution is 2.25. The SMILES string of the molecule is O=C(Nc1ccc(Br)cc1)c1cnc(-c2ccc(F)cc2)nc1-c1ccncc1. The number of amides is 1. The first-order valence-electron chi connectivity index (χ1n) is 8.70. The summed E-state index contributed by atoms with van der Waals surface area (Å²) in [5.41, 5.74) is 2.83. The Hall–Kier alpha value is -3.45. The van der Waals surface area contributed by atoms with Gasteiger partial charge in [-0.3, -0.25) is 9.78 Å². The van der Waals surface area contributed by atoms with Crippen molar-refractivity contribution in [2.24, 2.45) is 0 Å². The lowest BCUT2D eigenvalue weighted by atomic mass is 10.1. The van der Waals surface area contributed by atoms with Crippen molar-refractivity contribution in [2.45, 2.75) is 0 Å². The molecule has 29 heavy (non-hydrogen) atoms. The second-order valence-corrected chi connectivity index (χ2v) is 7.08. The molecule has 0 saturated carbocycles. The fraction of sp³-hybridized carbons (Fsp3) is 0. The predicted octanol–water partition coefficient (Wildman–Crippen LogP) is 5.36. The number of nitrogens with one attached hydrogen (secondary N) is 1. The molecule has 0 aliphatic carbocycles. The number of halogens is 2. The van der Waals surface area contributed by atoms with Gasteiger partial charge in [-0.25, -0.2) is 14.4 Å². The lowest BCUT2D eigenvalue weighted by Gasteiger charge is -2.11. The van der Waals surface area contributed by atoms with Gasteiger partial charge in [0.15, 0.2) is 5.82 Å². The van der Waals surface area contributed by atoms with Crippen LogP contribution in [-0.2, 0) is 0 Å². The van der Waals surface area contributed by atoms with Crippen molar-refractivity contribution in [2.75, 3.05) is 5.32 Å². The minimum Gasteiger partial charge on any atom is -0.322 e. The van der Waals surface area contributed by atoms with E-state index in [4.69, 9.17) is 0 Å². The third-order valence-corrected chi connectivity index (χ3v) is 4.72. The number of aromatic nitrogens is 3. The molecular weight excluding hydrogens is 435 g/mol. The average Bonchev–Trinajstić information content (AvgIpc) is 2.76. The van der Waals surface area contributed by atoms with E-state index in [0.29, 0.717) is 28.3 Å². The van der Waals surface area contributed by atoms with E-state index in [9.17, 15) is 9.18 Å². The van der Waals surface area contributed by atoms with Gasteiger partial charge < -0.3 is 5.32 Å². The summed E-state index contributed by atoms with van der Waals surface area (Å²) in [5, 5.41) is 2.86. The van der Waals surface area contributed by atoms with Crippen LogP contribution in [0.4, 0.5) is 10.1 Å². The van der Waals surface area contributed by atoms with Crippen molar-refractivity contribution in [3.63, 3.8) is 0 Å². The Labute approximate surface area is 174 Å². The fourth-order valence-corrected chi connectivity index (χ4v) is 3.01. The molecule has 2 aromatic carbocycles. The van der Waals surface area contributed by atoms with Crippen molar-refractivity contribution >= 4 is 27.5 Å². The Morgan fingerprint density at radius 2 is 1.59 bits per heavy atom. The highest BCUT2D eigenvalue weighted by molar-refractivity contribution is 9.10. The van der Waals surface area contributed by atoms with Crippen LogP contribution in [-0.4, -0.2) is 20.9 Å². The molecule has 0 aliphatic heterocycles. The van der Waals surface area contributed by atoms with Gasteiger partial charge in [-0.15, -0.1) is 0 Å². The smallest absolute Gasteiger partial charge is 0.259 e. The molecule has 7 heteroatoms. The van der Waals surface area contributed by atoms with Crippen molar-refractivity contribution in [3.8, 4) is 22.6 Å². The van der Waals surface area contributed by atoms with Crippen molar-refractivity contribution < 1.29 is 9.18 Å². The van der Waals surface area contributed by atoms with Crippen LogP contribution >= 0.6 is 15.9 Å². The second-order valence-electron chi connectivity index (χ2n) is 6.16. The molecule has 2 aromatic heterocycles. The van der Waals surface area contributed by atoms with Gasteiger partial charge in [0.1, 0.15) is 5.82 Å². The van der Waals surface area contributed by atoms with E-state index in [1.807, 2.05) is 12.1 Å². The van der Waals surface area contributed by atoms with Gasteiger partial charge in [-0.2, -0.15) is 0 Å². The minimum absolute atomic E-state index is 0.324. The van der Waals surface area contributed by atoms with Crippen LogP contribution in [0, 0.1) is 5.82 Å². The Kier molecular flexibility index (Phi) is 5.39. The molecular formula is C22H14BrFN4O. The van der Waals surface area contributed by atoms with Gasteiger partial charge in [-0.1, -0.05) is 15.9 Å². The molecule has 5 nitrogen and oxygen atoms in total. The summed E-state index contributed by atoms with van der Waals surface area (Å²) in [6, 6.07) is 16.7. The van der Waals surface area contributed by atoms with Gasteiger partial charge in [0.2, 0.25) is 0 Å². The molecule has 1 N–H and O–H groups in total. The van der Waals surface area contributed by atoms with Gasteiger partial charge >= 0.3 is 0 Å². The molecule has 0 saturated heterocycles. The number of carbonyl (C=O) groups excluding carboxylic acids is 1. The summed E-state index contributed by atoms with van der Waals surface area (Å²) in [6.45, 7) is 0. The Morgan fingerprint density at radius 3 is 2.28 bits per heavy atom. The summed E-state index contributed by atoms with van der Waals surface area (Å²) < 4.78 is 14.2. The van der Waals surface area contributed by atoms with Crippen LogP contribution in [0.25, 0.3) is 22.6 Å². The average molecular weight is 449 g/mol. The first kappa shape index (κ1) is 18.9. The molecule has 0 unspecified atom stereocenters. The summed E-state index contributed by atoms with van der Waals surface area (Å²) in [7, 11) is 0. The van der Waals surface area contributed by atoms with Crippen LogP contribution in [0.2, 0.25) is 0 Å². The van der Waals surface area contributed by atoms with Crippen LogP contribution < -0.4 is 5.32 Å². The maximum absolute atomic E-state index is 13.2. The lowest BCUT2D eigenvalue weighted by Crippen LogP contribution is -2.15. The van der Waals surface area contributed by atoms with Gasteiger partial charge in [0.05, 0.1) is 11.3 Å². The monoisotopic (exact) mass is 448 g/mol. The third kappa shape index (κ3) is 4.35. The summed E-state index contributed by atoms with van der Waals surface area (Å²) in [5.74, 6) is -0.268. The van der Waals surface area contributed by atoms with Gasteiger partial charge in [-0.05, 0) is 60.7 Å². The topological polar surface area (TPSA) is 67.8 Å². The Balaban J connectivity index is 1.75. The Bertz CT molecular complexity index is 1150. The second kappa shape index (κ2) is 8.28. The number of hydrogen-bond acceptors (Lipinski definition) is 4. The zero-order valence-corrected chi connectivity index (χ0v) is 16.6. The molecule has 0 aliphatic rings. The molecule has 0 bridgehead atoms. The van der Waals surface area contributed by atoms with Crippen LogP contribution in [0.5, 0.6) is 0 Å². The van der Waals surface area contributed by atoms with Crippen LogP contribution in [0.15, 0.2) is 83.7 Å². The summed E-state index contributed by atoms with van der Waals surface area (Å²) in [6.07, 6.45) is 4.74. The zero-order chi connectivity index (χ0) is 20.2. The number of hydrogen-bond donors (Lipinski definition) is 1. The maximum Gasteiger partial charge on any atom is 0.259 e. The normalized spacial score (nSPS) is 10.6. The van der Waals surface area contributed by atoms with Gasteiger partial charge in [0.25, 0.3) is 5.91 Å². The maximum atomic E-state index is 13.2.